The minimum Gasteiger partial charge on any atom is -0.463 e. The first-order valence-electron chi connectivity index (χ1n) is 7.18. The highest BCUT2D eigenvalue weighted by Crippen LogP contribution is 2.34. The van der Waals surface area contributed by atoms with Gasteiger partial charge in [0, 0.05) is 18.9 Å². The number of hydrogen-bond acceptors (Lipinski definition) is 6. The fraction of sp³-hybridized carbons (Fsp3) is 0.688. The van der Waals surface area contributed by atoms with Gasteiger partial charge in [-0.1, -0.05) is 6.58 Å². The van der Waals surface area contributed by atoms with Gasteiger partial charge in [0.05, 0.1) is 12.0 Å². The lowest BCUT2D eigenvalue weighted by atomic mass is 9.81. The first-order chi connectivity index (χ1) is 9.92. The van der Waals surface area contributed by atoms with Crippen molar-refractivity contribution in [3.63, 3.8) is 0 Å². The molecule has 1 atom stereocenters. The predicted octanol–water partition coefficient (Wildman–Crippen LogP) is 2.16. The van der Waals surface area contributed by atoms with Crippen molar-refractivity contribution in [2.75, 3.05) is 6.61 Å². The second kappa shape index (κ2) is 6.10. The Labute approximate surface area is 130 Å². The van der Waals surface area contributed by atoms with Crippen LogP contribution in [0.15, 0.2) is 12.7 Å². The third-order valence-corrected chi connectivity index (χ3v) is 3.53. The Morgan fingerprint density at radius 1 is 1.36 bits per heavy atom. The van der Waals surface area contributed by atoms with E-state index in [1.807, 2.05) is 0 Å². The molecule has 1 unspecified atom stereocenters. The molecule has 6 heteroatoms. The van der Waals surface area contributed by atoms with Crippen LogP contribution in [0.1, 0.15) is 47.5 Å². The van der Waals surface area contributed by atoms with Crippen LogP contribution in [0.5, 0.6) is 0 Å². The second-order valence-electron chi connectivity index (χ2n) is 6.95. The summed E-state index contributed by atoms with van der Waals surface area (Å²) in [6.07, 6.45) is 1.65. The Balaban J connectivity index is 2.76. The van der Waals surface area contributed by atoms with Gasteiger partial charge < -0.3 is 14.2 Å². The van der Waals surface area contributed by atoms with Crippen molar-refractivity contribution < 1.29 is 28.6 Å². The molecule has 0 aromatic carbocycles. The average Bonchev–Trinajstić information content (AvgIpc) is 2.67. The van der Waals surface area contributed by atoms with E-state index >= 15 is 0 Å². The van der Waals surface area contributed by atoms with E-state index in [9.17, 15) is 14.4 Å². The fourth-order valence-electron chi connectivity index (χ4n) is 2.52. The lowest BCUT2D eigenvalue weighted by molar-refractivity contribution is -0.181. The number of carbonyl (C=O) groups is 3. The quantitative estimate of drug-likeness (QED) is 0.425. The van der Waals surface area contributed by atoms with Gasteiger partial charge in [0.2, 0.25) is 5.60 Å². The van der Waals surface area contributed by atoms with Crippen LogP contribution in [0.3, 0.4) is 0 Å². The first-order valence-corrected chi connectivity index (χ1v) is 7.18. The Hall–Kier alpha value is -1.85. The highest BCUT2D eigenvalue weighted by atomic mass is 16.6. The highest BCUT2D eigenvalue weighted by Gasteiger charge is 2.47. The molecule has 6 nitrogen and oxygen atoms in total. The maximum atomic E-state index is 12.4. The van der Waals surface area contributed by atoms with E-state index in [1.165, 1.54) is 0 Å². The van der Waals surface area contributed by atoms with Gasteiger partial charge in [-0.3, -0.25) is 4.79 Å². The van der Waals surface area contributed by atoms with Gasteiger partial charge in [-0.2, -0.15) is 0 Å². The van der Waals surface area contributed by atoms with Crippen LogP contribution < -0.4 is 0 Å². The molecule has 0 spiro atoms. The van der Waals surface area contributed by atoms with Crippen molar-refractivity contribution in [2.45, 2.75) is 58.7 Å². The molecule has 0 radical (unpaired) electrons. The van der Waals surface area contributed by atoms with Crippen molar-refractivity contribution in [2.24, 2.45) is 5.41 Å². The summed E-state index contributed by atoms with van der Waals surface area (Å²) < 4.78 is 15.5. The number of hydrogen-bond donors (Lipinski definition) is 0. The zero-order valence-electron chi connectivity index (χ0n) is 13.9. The Morgan fingerprint density at radius 2 is 1.95 bits per heavy atom. The molecule has 1 aliphatic heterocycles. The van der Waals surface area contributed by atoms with Crippen molar-refractivity contribution >= 4 is 17.9 Å². The molecule has 1 aliphatic rings. The molecular weight excluding hydrogens is 288 g/mol. The topological polar surface area (TPSA) is 78.9 Å². The van der Waals surface area contributed by atoms with Crippen LogP contribution in [-0.2, 0) is 28.6 Å². The maximum Gasteiger partial charge on any atom is 0.350 e. The molecule has 0 N–H and O–H groups in total. The highest BCUT2D eigenvalue weighted by molar-refractivity contribution is 5.86. The third kappa shape index (κ3) is 4.32. The Morgan fingerprint density at radius 3 is 2.41 bits per heavy atom. The predicted molar refractivity (Wildman–Crippen MR) is 78.8 cm³/mol. The molecule has 1 saturated heterocycles. The van der Waals surface area contributed by atoms with E-state index < -0.39 is 34.5 Å². The second-order valence-corrected chi connectivity index (χ2v) is 6.95. The lowest BCUT2D eigenvalue weighted by Gasteiger charge is -2.34. The largest absolute Gasteiger partial charge is 0.463 e. The molecule has 0 saturated carbocycles. The van der Waals surface area contributed by atoms with Crippen molar-refractivity contribution in [3.05, 3.63) is 12.7 Å². The standard InChI is InChI=1S/C16H24O6/c1-7-11(17)21-15(4,5)10-14(2,3)12(18)22-16(6)8-9-20-13(16)19/h7H,1,8-10H2,2-6H3. The normalized spacial score (nSPS) is 22.0. The number of rotatable bonds is 6. The fourth-order valence-corrected chi connectivity index (χ4v) is 2.52. The summed E-state index contributed by atoms with van der Waals surface area (Å²) in [6, 6.07) is 0. The van der Waals surface area contributed by atoms with E-state index in [0.717, 1.165) is 6.08 Å². The van der Waals surface area contributed by atoms with Gasteiger partial charge >= 0.3 is 17.9 Å². The van der Waals surface area contributed by atoms with Crippen LogP contribution in [-0.4, -0.2) is 35.7 Å². The SMILES string of the molecule is C=CC(=O)OC(C)(C)CC(C)(C)C(=O)OC1(C)CCOC1=O. The zero-order chi connectivity index (χ0) is 17.2. The molecule has 22 heavy (non-hydrogen) atoms. The van der Waals surface area contributed by atoms with Gasteiger partial charge in [-0.05, 0) is 34.6 Å². The van der Waals surface area contributed by atoms with Gasteiger partial charge in [-0.15, -0.1) is 0 Å². The summed E-state index contributed by atoms with van der Waals surface area (Å²) >= 11 is 0. The minimum absolute atomic E-state index is 0.240. The van der Waals surface area contributed by atoms with E-state index in [1.54, 1.807) is 34.6 Å². The monoisotopic (exact) mass is 312 g/mol. The molecule has 1 heterocycles. The Bertz CT molecular complexity index is 491. The molecule has 124 valence electrons. The average molecular weight is 312 g/mol. The maximum absolute atomic E-state index is 12.4. The summed E-state index contributed by atoms with van der Waals surface area (Å²) in [5.74, 6) is -1.62. The third-order valence-electron chi connectivity index (χ3n) is 3.53. The van der Waals surface area contributed by atoms with Gasteiger partial charge in [0.1, 0.15) is 5.60 Å². The lowest BCUT2D eigenvalue weighted by Crippen LogP contribution is -2.44. The molecule has 0 amide bonds. The molecular formula is C16H24O6. The van der Waals surface area contributed by atoms with Crippen LogP contribution >= 0.6 is 0 Å². The first kappa shape index (κ1) is 18.2. The van der Waals surface area contributed by atoms with Crippen molar-refractivity contribution in [3.8, 4) is 0 Å². The molecule has 0 aromatic heterocycles. The van der Waals surface area contributed by atoms with Gasteiger partial charge in [-0.25, -0.2) is 9.59 Å². The summed E-state index contributed by atoms with van der Waals surface area (Å²) in [4.78, 5) is 35.4. The van der Waals surface area contributed by atoms with Crippen LogP contribution in [0, 0.1) is 5.41 Å². The van der Waals surface area contributed by atoms with Crippen molar-refractivity contribution in [1.82, 2.24) is 0 Å². The van der Waals surface area contributed by atoms with E-state index in [2.05, 4.69) is 6.58 Å². The smallest absolute Gasteiger partial charge is 0.350 e. The van der Waals surface area contributed by atoms with Crippen LogP contribution in [0.2, 0.25) is 0 Å². The molecule has 0 bridgehead atoms. The minimum atomic E-state index is -1.24. The number of cyclic esters (lactones) is 1. The van der Waals surface area contributed by atoms with E-state index in [-0.39, 0.29) is 13.0 Å². The number of esters is 3. The molecule has 0 aromatic rings. The summed E-state index contributed by atoms with van der Waals surface area (Å²) in [7, 11) is 0. The molecule has 1 fully saturated rings. The zero-order valence-corrected chi connectivity index (χ0v) is 13.9. The van der Waals surface area contributed by atoms with Gasteiger partial charge in [0.25, 0.3) is 0 Å². The summed E-state index contributed by atoms with van der Waals surface area (Å²) in [5, 5.41) is 0. The summed E-state index contributed by atoms with van der Waals surface area (Å²) in [6.45, 7) is 11.9. The summed E-state index contributed by atoms with van der Waals surface area (Å²) in [5.41, 5.74) is -3.04. The van der Waals surface area contributed by atoms with E-state index in [4.69, 9.17) is 14.2 Å². The van der Waals surface area contributed by atoms with Gasteiger partial charge in [0.15, 0.2) is 0 Å². The molecule has 0 aliphatic carbocycles. The van der Waals surface area contributed by atoms with Crippen LogP contribution in [0.4, 0.5) is 0 Å². The number of ether oxygens (including phenoxy) is 3. The van der Waals surface area contributed by atoms with Crippen LogP contribution in [0.25, 0.3) is 0 Å². The Kier molecular flexibility index (Phi) is 5.05. The molecule has 1 rings (SSSR count). The number of carbonyl (C=O) groups excluding carboxylic acids is 3. The van der Waals surface area contributed by atoms with Crippen molar-refractivity contribution in [1.29, 1.82) is 0 Å². The van der Waals surface area contributed by atoms with E-state index in [0.29, 0.717) is 6.42 Å².